The minimum Gasteiger partial charge on any atom is -0.312 e. The van der Waals surface area contributed by atoms with Gasteiger partial charge in [0.05, 0.1) is 17.2 Å². The standard InChI is InChI=1S/C17H14FN5O3S/c1-9-14(10-3-4-23-11(5-10)6-13(22-23)19-8-24)12-7-20-21-16(12)17(15(9)18)27(2,25)26/h3-8H,1-2H3,(H,20,21)(H,19,22,24). The fourth-order valence-electron chi connectivity index (χ4n) is 3.24. The number of nitrogens with one attached hydrogen (secondary N) is 2. The molecule has 0 aliphatic carbocycles. The highest BCUT2D eigenvalue weighted by Crippen LogP contribution is 2.37. The third-order valence-electron chi connectivity index (χ3n) is 4.37. The van der Waals surface area contributed by atoms with Crippen molar-refractivity contribution in [2.45, 2.75) is 11.8 Å². The van der Waals surface area contributed by atoms with Crippen LogP contribution in [-0.4, -0.2) is 40.9 Å². The van der Waals surface area contributed by atoms with E-state index in [0.717, 1.165) is 6.26 Å². The van der Waals surface area contributed by atoms with Crippen LogP contribution >= 0.6 is 0 Å². The summed E-state index contributed by atoms with van der Waals surface area (Å²) in [5, 5.41) is 13.7. The lowest BCUT2D eigenvalue weighted by atomic mass is 9.97. The largest absolute Gasteiger partial charge is 0.312 e. The van der Waals surface area contributed by atoms with Crippen molar-refractivity contribution in [2.75, 3.05) is 11.6 Å². The third-order valence-corrected chi connectivity index (χ3v) is 5.49. The van der Waals surface area contributed by atoms with Gasteiger partial charge in [0.2, 0.25) is 6.41 Å². The van der Waals surface area contributed by atoms with Crippen LogP contribution in [0.15, 0.2) is 35.5 Å². The Labute approximate surface area is 152 Å². The zero-order chi connectivity index (χ0) is 19.3. The van der Waals surface area contributed by atoms with Crippen molar-refractivity contribution >= 4 is 38.5 Å². The number of carbonyl (C=O) groups is 1. The highest BCUT2D eigenvalue weighted by Gasteiger charge is 2.25. The van der Waals surface area contributed by atoms with Gasteiger partial charge in [0.1, 0.15) is 10.7 Å². The maximum Gasteiger partial charge on any atom is 0.212 e. The van der Waals surface area contributed by atoms with Crippen LogP contribution in [0.4, 0.5) is 10.2 Å². The summed E-state index contributed by atoms with van der Waals surface area (Å²) in [6.07, 6.45) is 4.64. The number of carbonyl (C=O) groups excluding carboxylic acids is 1. The fourth-order valence-corrected chi connectivity index (χ4v) is 4.25. The van der Waals surface area contributed by atoms with E-state index < -0.39 is 15.7 Å². The van der Waals surface area contributed by atoms with Crippen LogP contribution in [0.25, 0.3) is 27.5 Å². The van der Waals surface area contributed by atoms with Gasteiger partial charge < -0.3 is 5.32 Å². The second-order valence-corrected chi connectivity index (χ2v) is 8.10. The second kappa shape index (κ2) is 5.88. The molecule has 4 rings (SSSR count). The molecule has 0 fully saturated rings. The minimum absolute atomic E-state index is 0.132. The quantitative estimate of drug-likeness (QED) is 0.522. The smallest absolute Gasteiger partial charge is 0.212 e. The lowest BCUT2D eigenvalue weighted by molar-refractivity contribution is -0.105. The van der Waals surface area contributed by atoms with Crippen LogP contribution in [0, 0.1) is 12.7 Å². The molecule has 1 amide bonds. The number of rotatable bonds is 4. The van der Waals surface area contributed by atoms with E-state index in [1.54, 1.807) is 28.9 Å². The Morgan fingerprint density at radius 3 is 2.81 bits per heavy atom. The molecule has 4 aromatic rings. The minimum atomic E-state index is -3.79. The lowest BCUT2D eigenvalue weighted by Gasteiger charge is -2.13. The zero-order valence-corrected chi connectivity index (χ0v) is 15.1. The number of amides is 1. The van der Waals surface area contributed by atoms with Gasteiger partial charge in [-0.05, 0) is 35.7 Å². The Morgan fingerprint density at radius 2 is 2.11 bits per heavy atom. The molecule has 27 heavy (non-hydrogen) atoms. The van der Waals surface area contributed by atoms with Crippen LogP contribution in [0.3, 0.4) is 0 Å². The van der Waals surface area contributed by atoms with Gasteiger partial charge >= 0.3 is 0 Å². The van der Waals surface area contributed by atoms with Gasteiger partial charge in [0, 0.05) is 23.9 Å². The molecule has 0 unspecified atom stereocenters. The van der Waals surface area contributed by atoms with Crippen molar-refractivity contribution < 1.29 is 17.6 Å². The van der Waals surface area contributed by atoms with Crippen LogP contribution in [-0.2, 0) is 14.6 Å². The number of nitrogens with zero attached hydrogens (tertiary/aromatic N) is 3. The Kier molecular flexibility index (Phi) is 3.74. The van der Waals surface area contributed by atoms with E-state index >= 15 is 0 Å². The number of aromatic amines is 1. The molecule has 0 saturated heterocycles. The highest BCUT2D eigenvalue weighted by atomic mass is 32.2. The lowest BCUT2D eigenvalue weighted by Crippen LogP contribution is -2.05. The molecule has 0 radical (unpaired) electrons. The number of pyridine rings is 1. The van der Waals surface area contributed by atoms with E-state index in [1.165, 1.54) is 13.1 Å². The molecule has 138 valence electrons. The average Bonchev–Trinajstić information content (AvgIpc) is 3.20. The molecule has 0 spiro atoms. The second-order valence-electron chi connectivity index (χ2n) is 6.15. The monoisotopic (exact) mass is 387 g/mol. The van der Waals surface area contributed by atoms with Gasteiger partial charge in [0.25, 0.3) is 0 Å². The van der Waals surface area contributed by atoms with Gasteiger partial charge in [-0.1, -0.05) is 0 Å². The maximum absolute atomic E-state index is 15.0. The van der Waals surface area contributed by atoms with Gasteiger partial charge in [-0.2, -0.15) is 10.2 Å². The molecule has 0 atom stereocenters. The van der Waals surface area contributed by atoms with Crippen LogP contribution < -0.4 is 5.32 Å². The molecule has 0 bridgehead atoms. The number of fused-ring (bicyclic) bond motifs is 2. The molecule has 0 saturated carbocycles. The van der Waals surface area contributed by atoms with E-state index in [2.05, 4.69) is 20.6 Å². The summed E-state index contributed by atoms with van der Waals surface area (Å²) in [5.41, 5.74) is 2.23. The number of H-pyrrole nitrogens is 1. The first-order valence-electron chi connectivity index (χ1n) is 7.86. The summed E-state index contributed by atoms with van der Waals surface area (Å²) < 4.78 is 40.7. The Balaban J connectivity index is 2.02. The number of anilines is 1. The molecular weight excluding hydrogens is 373 g/mol. The maximum atomic E-state index is 15.0. The molecular formula is C17H14FN5O3S. The average molecular weight is 387 g/mol. The van der Waals surface area contributed by atoms with E-state index in [-0.39, 0.29) is 16.0 Å². The van der Waals surface area contributed by atoms with Crippen molar-refractivity contribution in [3.8, 4) is 11.1 Å². The number of benzene rings is 1. The van der Waals surface area contributed by atoms with Crippen LogP contribution in [0.1, 0.15) is 5.56 Å². The predicted molar refractivity (Wildman–Crippen MR) is 97.8 cm³/mol. The van der Waals surface area contributed by atoms with Crippen LogP contribution in [0.5, 0.6) is 0 Å². The Hall–Kier alpha value is -3.27. The molecule has 1 aromatic carbocycles. The number of hydrogen-bond donors (Lipinski definition) is 2. The molecule has 10 heteroatoms. The first-order chi connectivity index (χ1) is 12.8. The van der Waals surface area contributed by atoms with Gasteiger partial charge in [-0.3, -0.25) is 9.89 Å². The first kappa shape index (κ1) is 17.2. The van der Waals surface area contributed by atoms with E-state index in [0.29, 0.717) is 34.3 Å². The molecule has 8 nitrogen and oxygen atoms in total. The number of hydrogen-bond acceptors (Lipinski definition) is 5. The first-order valence-corrected chi connectivity index (χ1v) is 9.75. The third kappa shape index (κ3) is 2.65. The van der Waals surface area contributed by atoms with Gasteiger partial charge in [0.15, 0.2) is 15.7 Å². The zero-order valence-electron chi connectivity index (χ0n) is 14.3. The number of aromatic nitrogens is 4. The molecule has 3 aromatic heterocycles. The summed E-state index contributed by atoms with van der Waals surface area (Å²) in [4.78, 5) is 10.2. The normalized spacial score (nSPS) is 12.0. The van der Waals surface area contributed by atoms with E-state index in [4.69, 9.17) is 0 Å². The van der Waals surface area contributed by atoms with Crippen molar-refractivity contribution in [1.82, 2.24) is 19.8 Å². The van der Waals surface area contributed by atoms with Crippen LogP contribution in [0.2, 0.25) is 0 Å². The van der Waals surface area contributed by atoms with E-state index in [9.17, 15) is 17.6 Å². The Bertz CT molecular complexity index is 1320. The Morgan fingerprint density at radius 1 is 1.33 bits per heavy atom. The molecule has 2 N–H and O–H groups in total. The number of sulfone groups is 1. The fraction of sp³-hybridized carbons (Fsp3) is 0.118. The molecule has 0 aliphatic heterocycles. The summed E-state index contributed by atoms with van der Waals surface area (Å²) in [5.74, 6) is -0.424. The highest BCUT2D eigenvalue weighted by molar-refractivity contribution is 7.91. The predicted octanol–water partition coefficient (Wildman–Crippen LogP) is 2.30. The van der Waals surface area contributed by atoms with Crippen molar-refractivity contribution in [3.63, 3.8) is 0 Å². The molecule has 0 aliphatic rings. The summed E-state index contributed by atoms with van der Waals surface area (Å²) >= 11 is 0. The SMILES string of the molecule is Cc1c(F)c(S(C)(=O)=O)c2[nH]ncc2c1-c1ccn2nc(NC=O)cc2c1. The van der Waals surface area contributed by atoms with E-state index in [1.807, 2.05) is 0 Å². The number of halogens is 1. The van der Waals surface area contributed by atoms with Gasteiger partial charge in [-0.25, -0.2) is 17.3 Å². The summed E-state index contributed by atoms with van der Waals surface area (Å²) in [6.45, 7) is 1.53. The van der Waals surface area contributed by atoms with Crippen molar-refractivity contribution in [3.05, 3.63) is 42.0 Å². The van der Waals surface area contributed by atoms with Crippen molar-refractivity contribution in [2.24, 2.45) is 0 Å². The topological polar surface area (TPSA) is 109 Å². The summed E-state index contributed by atoms with van der Waals surface area (Å²) in [7, 11) is -3.79. The molecule has 3 heterocycles. The van der Waals surface area contributed by atoms with Gasteiger partial charge in [-0.15, -0.1) is 0 Å². The summed E-state index contributed by atoms with van der Waals surface area (Å²) in [6, 6.07) is 5.18. The van der Waals surface area contributed by atoms with Crippen molar-refractivity contribution in [1.29, 1.82) is 0 Å².